The summed E-state index contributed by atoms with van der Waals surface area (Å²) in [5.41, 5.74) is 1.06. The number of carbonyl (C=O) groups is 1. The van der Waals surface area contributed by atoms with Gasteiger partial charge in [0.1, 0.15) is 18.0 Å². The fraction of sp³-hybridized carbons (Fsp3) is 0.333. The van der Waals surface area contributed by atoms with E-state index in [1.807, 2.05) is 13.0 Å². The molecule has 1 fully saturated rings. The van der Waals surface area contributed by atoms with Gasteiger partial charge in [-0.3, -0.25) is 4.79 Å². The van der Waals surface area contributed by atoms with E-state index in [4.69, 9.17) is 0 Å². The van der Waals surface area contributed by atoms with Crippen molar-refractivity contribution >= 4 is 23.2 Å². The summed E-state index contributed by atoms with van der Waals surface area (Å²) in [5, 5.41) is 6.94. The zero-order valence-electron chi connectivity index (χ0n) is 14.4. The maximum atomic E-state index is 13.8. The van der Waals surface area contributed by atoms with Gasteiger partial charge < -0.3 is 10.2 Å². The highest BCUT2D eigenvalue weighted by atomic mass is 19.1. The van der Waals surface area contributed by atoms with Gasteiger partial charge in [0, 0.05) is 24.8 Å². The number of amides is 1. The van der Waals surface area contributed by atoms with E-state index in [0.29, 0.717) is 12.3 Å². The molecule has 1 aliphatic rings. The van der Waals surface area contributed by atoms with E-state index in [1.54, 1.807) is 22.7 Å². The molecule has 0 saturated carbocycles. The minimum Gasteiger partial charge on any atom is -0.356 e. The number of aromatic nitrogens is 4. The number of nitrogens with one attached hydrogen (secondary N) is 1. The average Bonchev–Trinajstić information content (AvgIpc) is 3.11. The SMILES string of the molecule is Cc1cc(N2CCC[C@@H](C(=O)Nc3ccccc3F)C2)n2ncnc2n1. The van der Waals surface area contributed by atoms with Crippen molar-refractivity contribution in [1.82, 2.24) is 19.6 Å². The second-order valence-corrected chi connectivity index (χ2v) is 6.48. The number of nitrogens with zero attached hydrogens (tertiary/aromatic N) is 5. The van der Waals surface area contributed by atoms with Crippen LogP contribution in [0.3, 0.4) is 0 Å². The van der Waals surface area contributed by atoms with Crippen LogP contribution in [-0.4, -0.2) is 38.6 Å². The molecule has 26 heavy (non-hydrogen) atoms. The lowest BCUT2D eigenvalue weighted by atomic mass is 9.97. The molecule has 0 spiro atoms. The second kappa shape index (κ2) is 6.70. The zero-order chi connectivity index (χ0) is 18.1. The fourth-order valence-electron chi connectivity index (χ4n) is 3.33. The summed E-state index contributed by atoms with van der Waals surface area (Å²) in [4.78, 5) is 23.2. The lowest BCUT2D eigenvalue weighted by molar-refractivity contribution is -0.120. The van der Waals surface area contributed by atoms with Crippen LogP contribution in [0.15, 0.2) is 36.7 Å². The molecule has 134 valence electrons. The Labute approximate surface area is 149 Å². The number of anilines is 2. The Bertz CT molecular complexity index is 956. The summed E-state index contributed by atoms with van der Waals surface area (Å²) in [6.45, 7) is 3.27. The van der Waals surface area contributed by atoms with Gasteiger partial charge in [-0.25, -0.2) is 9.37 Å². The first-order chi connectivity index (χ1) is 12.6. The molecular weight excluding hydrogens is 335 g/mol. The Balaban J connectivity index is 1.55. The standard InChI is InChI=1S/C18H19FN6O/c1-12-9-16(25-18(22-12)20-11-21-25)24-8-4-5-13(10-24)17(26)23-15-7-3-2-6-14(15)19/h2-3,6-7,9,11,13H,4-5,8,10H2,1H3,(H,23,26)/t13-/m1/s1. The van der Waals surface area contributed by atoms with Crippen LogP contribution in [0.2, 0.25) is 0 Å². The summed E-state index contributed by atoms with van der Waals surface area (Å²) in [5.74, 6) is 0.588. The minimum atomic E-state index is -0.428. The smallest absolute Gasteiger partial charge is 0.254 e. The van der Waals surface area contributed by atoms with Crippen molar-refractivity contribution in [3.63, 3.8) is 0 Å². The molecule has 7 nitrogen and oxygen atoms in total. The number of piperidine rings is 1. The molecule has 0 aliphatic carbocycles. The molecule has 1 aliphatic heterocycles. The third-order valence-corrected chi connectivity index (χ3v) is 4.61. The lowest BCUT2D eigenvalue weighted by Gasteiger charge is -2.33. The lowest BCUT2D eigenvalue weighted by Crippen LogP contribution is -2.41. The Kier molecular flexibility index (Phi) is 4.24. The quantitative estimate of drug-likeness (QED) is 0.782. The van der Waals surface area contributed by atoms with E-state index >= 15 is 0 Å². The molecular formula is C18H19FN6O. The fourth-order valence-corrected chi connectivity index (χ4v) is 3.33. The van der Waals surface area contributed by atoms with Crippen LogP contribution in [0.25, 0.3) is 5.78 Å². The molecule has 1 amide bonds. The summed E-state index contributed by atoms with van der Waals surface area (Å²) < 4.78 is 15.5. The Morgan fingerprint density at radius 3 is 3.04 bits per heavy atom. The predicted molar refractivity (Wildman–Crippen MR) is 95.5 cm³/mol. The number of halogens is 1. The van der Waals surface area contributed by atoms with Gasteiger partial charge in [-0.05, 0) is 31.9 Å². The Hall–Kier alpha value is -3.03. The highest BCUT2D eigenvalue weighted by Crippen LogP contribution is 2.25. The molecule has 4 rings (SSSR count). The van der Waals surface area contributed by atoms with E-state index in [0.717, 1.165) is 30.9 Å². The monoisotopic (exact) mass is 354 g/mol. The number of hydrogen-bond acceptors (Lipinski definition) is 5. The molecule has 1 N–H and O–H groups in total. The predicted octanol–water partition coefficient (Wildman–Crippen LogP) is 2.43. The Morgan fingerprint density at radius 2 is 2.19 bits per heavy atom. The topological polar surface area (TPSA) is 75.4 Å². The number of fused-ring (bicyclic) bond motifs is 1. The van der Waals surface area contributed by atoms with Crippen molar-refractivity contribution in [2.75, 3.05) is 23.3 Å². The summed E-state index contributed by atoms with van der Waals surface area (Å²) in [6.07, 6.45) is 3.10. The molecule has 3 heterocycles. The Morgan fingerprint density at radius 1 is 1.35 bits per heavy atom. The summed E-state index contributed by atoms with van der Waals surface area (Å²) in [6, 6.07) is 8.15. The molecule has 3 aromatic rings. The molecule has 1 atom stereocenters. The normalized spacial score (nSPS) is 17.5. The van der Waals surface area contributed by atoms with Crippen LogP contribution in [0.1, 0.15) is 18.5 Å². The van der Waals surface area contributed by atoms with Gasteiger partial charge in [0.05, 0.1) is 11.6 Å². The first kappa shape index (κ1) is 16.4. The van der Waals surface area contributed by atoms with E-state index in [1.165, 1.54) is 12.4 Å². The van der Waals surface area contributed by atoms with Gasteiger partial charge in [0.15, 0.2) is 0 Å². The van der Waals surface area contributed by atoms with E-state index < -0.39 is 5.82 Å². The minimum absolute atomic E-state index is 0.166. The average molecular weight is 354 g/mol. The second-order valence-electron chi connectivity index (χ2n) is 6.48. The van der Waals surface area contributed by atoms with Gasteiger partial charge in [0.2, 0.25) is 5.91 Å². The van der Waals surface area contributed by atoms with Crippen molar-refractivity contribution in [2.24, 2.45) is 5.92 Å². The summed E-state index contributed by atoms with van der Waals surface area (Å²) >= 11 is 0. The third-order valence-electron chi connectivity index (χ3n) is 4.61. The molecule has 0 bridgehead atoms. The molecule has 0 unspecified atom stereocenters. The van der Waals surface area contributed by atoms with Crippen molar-refractivity contribution in [3.05, 3.63) is 48.2 Å². The third kappa shape index (κ3) is 3.10. The van der Waals surface area contributed by atoms with E-state index in [2.05, 4.69) is 25.3 Å². The van der Waals surface area contributed by atoms with E-state index in [-0.39, 0.29) is 17.5 Å². The van der Waals surface area contributed by atoms with Crippen molar-refractivity contribution < 1.29 is 9.18 Å². The number of benzene rings is 1. The number of para-hydroxylation sites is 1. The van der Waals surface area contributed by atoms with Crippen LogP contribution in [0.5, 0.6) is 0 Å². The van der Waals surface area contributed by atoms with Gasteiger partial charge >= 0.3 is 0 Å². The van der Waals surface area contributed by atoms with Crippen LogP contribution in [0, 0.1) is 18.7 Å². The largest absolute Gasteiger partial charge is 0.356 e. The van der Waals surface area contributed by atoms with Crippen LogP contribution < -0.4 is 10.2 Å². The van der Waals surface area contributed by atoms with Gasteiger partial charge in [-0.15, -0.1) is 0 Å². The first-order valence-corrected chi connectivity index (χ1v) is 8.59. The molecule has 1 saturated heterocycles. The molecule has 0 radical (unpaired) electrons. The van der Waals surface area contributed by atoms with Crippen molar-refractivity contribution in [2.45, 2.75) is 19.8 Å². The zero-order valence-corrected chi connectivity index (χ0v) is 14.4. The highest BCUT2D eigenvalue weighted by Gasteiger charge is 2.28. The first-order valence-electron chi connectivity index (χ1n) is 8.59. The number of rotatable bonds is 3. The molecule has 2 aromatic heterocycles. The van der Waals surface area contributed by atoms with Crippen LogP contribution in [0.4, 0.5) is 15.9 Å². The summed E-state index contributed by atoms with van der Waals surface area (Å²) in [7, 11) is 0. The van der Waals surface area contributed by atoms with Crippen LogP contribution in [-0.2, 0) is 4.79 Å². The number of aryl methyl sites for hydroxylation is 1. The van der Waals surface area contributed by atoms with E-state index in [9.17, 15) is 9.18 Å². The molecule has 1 aromatic carbocycles. The van der Waals surface area contributed by atoms with Crippen LogP contribution >= 0.6 is 0 Å². The van der Waals surface area contributed by atoms with Gasteiger partial charge in [-0.1, -0.05) is 12.1 Å². The number of carbonyl (C=O) groups excluding carboxylic acids is 1. The highest BCUT2D eigenvalue weighted by molar-refractivity contribution is 5.93. The van der Waals surface area contributed by atoms with Gasteiger partial charge in [-0.2, -0.15) is 14.6 Å². The maximum Gasteiger partial charge on any atom is 0.254 e. The maximum absolute atomic E-state index is 13.8. The van der Waals surface area contributed by atoms with Crippen molar-refractivity contribution in [1.29, 1.82) is 0 Å². The molecule has 8 heteroatoms. The number of hydrogen-bond donors (Lipinski definition) is 1. The van der Waals surface area contributed by atoms with Gasteiger partial charge in [0.25, 0.3) is 5.78 Å². The van der Waals surface area contributed by atoms with Crippen molar-refractivity contribution in [3.8, 4) is 0 Å².